The lowest BCUT2D eigenvalue weighted by molar-refractivity contribution is -0.138. The van der Waals surface area contributed by atoms with Gasteiger partial charge in [0.1, 0.15) is 6.61 Å². The smallest absolute Gasteiger partial charge is 0.337 e. The van der Waals surface area contributed by atoms with Gasteiger partial charge in [0.2, 0.25) is 0 Å². The topological polar surface area (TPSA) is 73.9 Å². The first kappa shape index (κ1) is 22.7. The molecule has 1 aromatic carbocycles. The summed E-state index contributed by atoms with van der Waals surface area (Å²) < 4.78 is 16.6. The maximum atomic E-state index is 13.3. The Kier molecular flexibility index (Phi) is 6.58. The average Bonchev–Trinajstić information content (AvgIpc) is 2.70. The quantitative estimate of drug-likeness (QED) is 0.515. The van der Waals surface area contributed by atoms with Crippen LogP contribution in [-0.4, -0.2) is 32.1 Å². The van der Waals surface area contributed by atoms with Gasteiger partial charge in [0.25, 0.3) is 0 Å². The minimum absolute atomic E-state index is 0.0399. The highest BCUT2D eigenvalue weighted by atomic mass is 16.5. The SMILES string of the molecule is C=CCOC(=O)C1=C(C)NC2=C(C(=O)CC(C)(C)C2)[C@@H]1c1ccc(OCC)c(OC)c1. The van der Waals surface area contributed by atoms with E-state index >= 15 is 0 Å². The molecule has 0 saturated heterocycles. The molecule has 31 heavy (non-hydrogen) atoms. The molecule has 2 aliphatic rings. The summed E-state index contributed by atoms with van der Waals surface area (Å²) in [6, 6.07) is 5.54. The van der Waals surface area contributed by atoms with E-state index in [0.29, 0.717) is 41.4 Å². The van der Waals surface area contributed by atoms with Crippen LogP contribution in [0.4, 0.5) is 0 Å². The summed E-state index contributed by atoms with van der Waals surface area (Å²) in [4.78, 5) is 26.3. The van der Waals surface area contributed by atoms with Crippen LogP contribution in [-0.2, 0) is 14.3 Å². The lowest BCUT2D eigenvalue weighted by Gasteiger charge is -2.39. The second-order valence-electron chi connectivity index (χ2n) is 8.66. The molecule has 1 N–H and O–H groups in total. The third-order valence-electron chi connectivity index (χ3n) is 5.61. The summed E-state index contributed by atoms with van der Waals surface area (Å²) in [5, 5.41) is 3.33. The van der Waals surface area contributed by atoms with Crippen LogP contribution in [0.1, 0.15) is 52.0 Å². The number of nitrogens with one attached hydrogen (secondary N) is 1. The molecule has 0 aromatic heterocycles. The molecule has 1 aliphatic heterocycles. The van der Waals surface area contributed by atoms with Crippen molar-refractivity contribution in [3.05, 3.63) is 59.0 Å². The fourth-order valence-electron chi connectivity index (χ4n) is 4.39. The van der Waals surface area contributed by atoms with E-state index in [0.717, 1.165) is 17.7 Å². The average molecular weight is 426 g/mol. The Morgan fingerprint density at radius 1 is 1.29 bits per heavy atom. The Hall–Kier alpha value is -3.02. The van der Waals surface area contributed by atoms with Crippen molar-refractivity contribution in [2.45, 2.75) is 46.5 Å². The summed E-state index contributed by atoms with van der Waals surface area (Å²) in [5.41, 5.74) is 3.26. The van der Waals surface area contributed by atoms with Gasteiger partial charge in [-0.1, -0.05) is 32.6 Å². The number of carbonyl (C=O) groups excluding carboxylic acids is 2. The first-order valence-electron chi connectivity index (χ1n) is 10.5. The largest absolute Gasteiger partial charge is 0.493 e. The maximum absolute atomic E-state index is 13.3. The molecular weight excluding hydrogens is 394 g/mol. The highest BCUT2D eigenvalue weighted by Crippen LogP contribution is 2.47. The van der Waals surface area contributed by atoms with E-state index in [-0.39, 0.29) is 17.8 Å². The van der Waals surface area contributed by atoms with Crippen LogP contribution in [0.3, 0.4) is 0 Å². The molecule has 1 aliphatic carbocycles. The minimum atomic E-state index is -0.540. The molecule has 6 heteroatoms. The number of benzene rings is 1. The summed E-state index contributed by atoms with van der Waals surface area (Å²) in [5.74, 6) is 0.205. The lowest BCUT2D eigenvalue weighted by atomic mass is 9.68. The van der Waals surface area contributed by atoms with Crippen LogP contribution in [0, 0.1) is 5.41 Å². The van der Waals surface area contributed by atoms with Gasteiger partial charge in [0.05, 0.1) is 19.3 Å². The van der Waals surface area contributed by atoms with E-state index in [9.17, 15) is 9.59 Å². The van der Waals surface area contributed by atoms with Gasteiger partial charge in [-0.25, -0.2) is 4.79 Å². The Morgan fingerprint density at radius 3 is 2.68 bits per heavy atom. The molecule has 0 unspecified atom stereocenters. The summed E-state index contributed by atoms with van der Waals surface area (Å²) in [6.07, 6.45) is 2.68. The van der Waals surface area contributed by atoms with E-state index < -0.39 is 11.9 Å². The fraction of sp³-hybridized carbons (Fsp3) is 0.440. The summed E-state index contributed by atoms with van der Waals surface area (Å²) in [6.45, 7) is 12.1. The fourth-order valence-corrected chi connectivity index (χ4v) is 4.39. The molecule has 0 radical (unpaired) electrons. The highest BCUT2D eigenvalue weighted by Gasteiger charge is 2.43. The minimum Gasteiger partial charge on any atom is -0.493 e. The van der Waals surface area contributed by atoms with Crippen molar-refractivity contribution in [1.29, 1.82) is 0 Å². The molecular formula is C25H31NO5. The van der Waals surface area contributed by atoms with Crippen LogP contribution in [0.2, 0.25) is 0 Å². The number of dihydropyridines is 1. The van der Waals surface area contributed by atoms with Gasteiger partial charge < -0.3 is 19.5 Å². The summed E-state index contributed by atoms with van der Waals surface area (Å²) in [7, 11) is 1.57. The molecule has 0 saturated carbocycles. The van der Waals surface area contributed by atoms with Crippen molar-refractivity contribution < 1.29 is 23.8 Å². The number of hydrogen-bond acceptors (Lipinski definition) is 6. The Bertz CT molecular complexity index is 970. The van der Waals surface area contributed by atoms with Crippen molar-refractivity contribution in [2.75, 3.05) is 20.3 Å². The summed E-state index contributed by atoms with van der Waals surface area (Å²) >= 11 is 0. The Labute approximate surface area is 183 Å². The van der Waals surface area contributed by atoms with Crippen LogP contribution in [0.25, 0.3) is 0 Å². The molecule has 166 valence electrons. The van der Waals surface area contributed by atoms with Gasteiger partial charge in [-0.3, -0.25) is 4.79 Å². The van der Waals surface area contributed by atoms with Crippen molar-refractivity contribution in [2.24, 2.45) is 5.41 Å². The van der Waals surface area contributed by atoms with Gasteiger partial charge >= 0.3 is 5.97 Å². The molecule has 1 aromatic rings. The molecule has 0 spiro atoms. The third kappa shape index (κ3) is 4.53. The maximum Gasteiger partial charge on any atom is 0.337 e. The second kappa shape index (κ2) is 9.00. The zero-order valence-corrected chi connectivity index (χ0v) is 19.0. The third-order valence-corrected chi connectivity index (χ3v) is 5.61. The van der Waals surface area contributed by atoms with E-state index in [1.165, 1.54) is 6.08 Å². The lowest BCUT2D eigenvalue weighted by Crippen LogP contribution is -2.38. The van der Waals surface area contributed by atoms with Gasteiger partial charge in [-0.2, -0.15) is 0 Å². The van der Waals surface area contributed by atoms with Crippen molar-refractivity contribution in [3.63, 3.8) is 0 Å². The Morgan fingerprint density at radius 2 is 2.03 bits per heavy atom. The molecule has 0 bridgehead atoms. The number of ether oxygens (including phenoxy) is 3. The van der Waals surface area contributed by atoms with Crippen molar-refractivity contribution in [3.8, 4) is 11.5 Å². The number of ketones is 1. The number of rotatable bonds is 7. The number of hydrogen-bond donors (Lipinski definition) is 1. The van der Waals surface area contributed by atoms with Gasteiger partial charge in [0.15, 0.2) is 17.3 Å². The molecule has 6 nitrogen and oxygen atoms in total. The van der Waals surface area contributed by atoms with Gasteiger partial charge in [-0.05, 0) is 43.4 Å². The molecule has 0 amide bonds. The van der Waals surface area contributed by atoms with E-state index in [2.05, 4.69) is 25.7 Å². The number of methoxy groups -OCH3 is 1. The Balaban J connectivity index is 2.17. The van der Waals surface area contributed by atoms with Crippen LogP contribution >= 0.6 is 0 Å². The van der Waals surface area contributed by atoms with Crippen molar-refractivity contribution >= 4 is 11.8 Å². The zero-order chi connectivity index (χ0) is 22.8. The monoisotopic (exact) mass is 425 g/mol. The number of esters is 1. The first-order valence-corrected chi connectivity index (χ1v) is 10.5. The van der Waals surface area contributed by atoms with E-state index in [1.807, 2.05) is 32.0 Å². The van der Waals surface area contributed by atoms with Crippen LogP contribution in [0.5, 0.6) is 11.5 Å². The number of Topliss-reactive ketones (excluding diaryl/α,β-unsaturated/α-hetero) is 1. The molecule has 3 rings (SSSR count). The highest BCUT2D eigenvalue weighted by molar-refractivity contribution is 6.04. The predicted octanol–water partition coefficient (Wildman–Crippen LogP) is 4.43. The normalized spacial score (nSPS) is 20.0. The zero-order valence-electron chi connectivity index (χ0n) is 19.0. The van der Waals surface area contributed by atoms with Gasteiger partial charge in [-0.15, -0.1) is 0 Å². The molecule has 1 heterocycles. The molecule has 0 fully saturated rings. The number of carbonyl (C=O) groups is 2. The van der Waals surface area contributed by atoms with Gasteiger partial charge in [0, 0.05) is 29.3 Å². The second-order valence-corrected chi connectivity index (χ2v) is 8.66. The van der Waals surface area contributed by atoms with Crippen molar-refractivity contribution in [1.82, 2.24) is 5.32 Å². The van der Waals surface area contributed by atoms with Crippen LogP contribution < -0.4 is 14.8 Å². The first-order chi connectivity index (χ1) is 14.7. The van der Waals surface area contributed by atoms with Crippen LogP contribution in [0.15, 0.2) is 53.4 Å². The molecule has 1 atom stereocenters. The predicted molar refractivity (Wildman–Crippen MR) is 119 cm³/mol. The standard InChI is InChI=1S/C25H31NO5/c1-7-11-31-24(28)21-15(3)26-17-13-25(4,5)14-18(27)23(17)22(21)16-9-10-19(30-8-2)20(12-16)29-6/h7,9-10,12,22,26H,1,8,11,13-14H2,2-6H3/t22-/m1/s1. The van der Waals surface area contributed by atoms with E-state index in [4.69, 9.17) is 14.2 Å². The number of allylic oxidation sites excluding steroid dienone is 3. The van der Waals surface area contributed by atoms with E-state index in [1.54, 1.807) is 7.11 Å².